The summed E-state index contributed by atoms with van der Waals surface area (Å²) >= 11 is 0. The van der Waals surface area contributed by atoms with Crippen LogP contribution >= 0.6 is 0 Å². The minimum atomic E-state index is -3.80. The van der Waals surface area contributed by atoms with E-state index in [4.69, 9.17) is 0 Å². The molecule has 0 aliphatic carbocycles. The average Bonchev–Trinajstić information content (AvgIpc) is 2.90. The highest BCUT2D eigenvalue weighted by molar-refractivity contribution is 7.92. The molecule has 37 heavy (non-hydrogen) atoms. The fourth-order valence-corrected chi connectivity index (χ4v) is 6.87. The summed E-state index contributed by atoms with van der Waals surface area (Å²) < 4.78 is 54.8. The van der Waals surface area contributed by atoms with E-state index in [0.29, 0.717) is 43.6 Å². The van der Waals surface area contributed by atoms with Gasteiger partial charge in [0.2, 0.25) is 15.9 Å². The van der Waals surface area contributed by atoms with E-state index in [1.807, 2.05) is 30.3 Å². The van der Waals surface area contributed by atoms with Gasteiger partial charge in [0.1, 0.15) is 0 Å². The number of piperidine rings is 1. The molecule has 3 aromatic rings. The van der Waals surface area contributed by atoms with Gasteiger partial charge in [-0.25, -0.2) is 21.1 Å². The number of hydrogen-bond acceptors (Lipinski definition) is 6. The van der Waals surface area contributed by atoms with E-state index in [0.717, 1.165) is 5.56 Å². The lowest BCUT2D eigenvalue weighted by atomic mass is 9.99. The zero-order chi connectivity index (χ0) is 26.3. The SMILES string of the molecule is O=C(Nc1ccc(S(=O)(=O)Nc2cccnc2)cc1)[C@@H]1CCCN(S(=O)(=O)CCCc2ccccc2)C1. The number of carbonyl (C=O) groups excluding carboxylic acids is 1. The predicted molar refractivity (Wildman–Crippen MR) is 143 cm³/mol. The lowest BCUT2D eigenvalue weighted by Crippen LogP contribution is -2.44. The van der Waals surface area contributed by atoms with Crippen LogP contribution in [0.15, 0.2) is 84.0 Å². The molecule has 1 saturated heterocycles. The minimum Gasteiger partial charge on any atom is -0.326 e. The zero-order valence-electron chi connectivity index (χ0n) is 20.3. The molecular formula is C26H30N4O5S2. The number of carbonyl (C=O) groups is 1. The number of nitrogens with zero attached hydrogens (tertiary/aromatic N) is 2. The van der Waals surface area contributed by atoms with E-state index in [1.54, 1.807) is 18.3 Å². The molecule has 2 N–H and O–H groups in total. The first-order valence-corrected chi connectivity index (χ1v) is 15.2. The highest BCUT2D eigenvalue weighted by atomic mass is 32.2. The van der Waals surface area contributed by atoms with E-state index in [1.165, 1.54) is 34.8 Å². The van der Waals surface area contributed by atoms with Crippen molar-refractivity contribution in [1.82, 2.24) is 9.29 Å². The van der Waals surface area contributed by atoms with Gasteiger partial charge >= 0.3 is 0 Å². The molecule has 2 heterocycles. The van der Waals surface area contributed by atoms with Crippen LogP contribution in [0.3, 0.4) is 0 Å². The summed E-state index contributed by atoms with van der Waals surface area (Å²) in [7, 11) is -7.27. The second-order valence-corrected chi connectivity index (χ2v) is 12.7. The molecule has 196 valence electrons. The molecule has 1 atom stereocenters. The molecule has 0 unspecified atom stereocenters. The fraction of sp³-hybridized carbons (Fsp3) is 0.308. The Balaban J connectivity index is 1.31. The Kier molecular flexibility index (Phi) is 8.57. The van der Waals surface area contributed by atoms with Crippen molar-refractivity contribution in [2.45, 2.75) is 30.6 Å². The third kappa shape index (κ3) is 7.37. The molecule has 1 aliphatic rings. The van der Waals surface area contributed by atoms with Crippen LogP contribution in [0.5, 0.6) is 0 Å². The van der Waals surface area contributed by atoms with E-state index in [2.05, 4.69) is 15.0 Å². The predicted octanol–water partition coefficient (Wildman–Crippen LogP) is 3.50. The van der Waals surface area contributed by atoms with Gasteiger partial charge in [0, 0.05) is 25.0 Å². The van der Waals surface area contributed by atoms with Crippen molar-refractivity contribution in [3.05, 3.63) is 84.7 Å². The largest absolute Gasteiger partial charge is 0.326 e. The topological polar surface area (TPSA) is 126 Å². The number of pyridine rings is 1. The van der Waals surface area contributed by atoms with Crippen LogP contribution in [0.1, 0.15) is 24.8 Å². The van der Waals surface area contributed by atoms with Gasteiger partial charge in [0.15, 0.2) is 0 Å². The molecule has 0 saturated carbocycles. The van der Waals surface area contributed by atoms with Gasteiger partial charge in [-0.3, -0.25) is 14.5 Å². The Morgan fingerprint density at radius 3 is 2.41 bits per heavy atom. The van der Waals surface area contributed by atoms with Gasteiger partial charge < -0.3 is 5.32 Å². The quantitative estimate of drug-likeness (QED) is 0.404. The molecular weight excluding hydrogens is 512 g/mol. The van der Waals surface area contributed by atoms with Crippen molar-refractivity contribution < 1.29 is 21.6 Å². The Bertz CT molecular complexity index is 1400. The van der Waals surface area contributed by atoms with Crippen LogP contribution in [0, 0.1) is 5.92 Å². The maximum Gasteiger partial charge on any atom is 0.261 e. The first-order chi connectivity index (χ1) is 17.7. The highest BCUT2D eigenvalue weighted by Gasteiger charge is 2.32. The third-order valence-electron chi connectivity index (χ3n) is 6.20. The first-order valence-electron chi connectivity index (χ1n) is 12.1. The molecule has 11 heteroatoms. The molecule has 1 aromatic heterocycles. The fourth-order valence-electron chi connectivity index (χ4n) is 4.24. The first kappa shape index (κ1) is 26.8. The second-order valence-electron chi connectivity index (χ2n) is 8.96. The van der Waals surface area contributed by atoms with E-state index in [9.17, 15) is 21.6 Å². The standard InChI is InChI=1S/C26H30N4O5S2/c31-26(28-23-12-14-25(15-13-23)37(34,35)29-24-11-4-16-27-19-24)22-10-5-17-30(20-22)36(32,33)18-6-9-21-7-2-1-3-8-21/h1-4,7-8,11-16,19,22,29H,5-6,9-10,17-18,20H2,(H,28,31)/t22-/m1/s1. The van der Waals surface area contributed by atoms with Gasteiger partial charge in [-0.05, 0) is 67.6 Å². The molecule has 9 nitrogen and oxygen atoms in total. The Hall–Kier alpha value is -3.28. The van der Waals surface area contributed by atoms with Crippen LogP contribution in [0.4, 0.5) is 11.4 Å². The lowest BCUT2D eigenvalue weighted by Gasteiger charge is -2.31. The maximum absolute atomic E-state index is 12.9. The van der Waals surface area contributed by atoms with Crippen molar-refractivity contribution in [1.29, 1.82) is 0 Å². The van der Waals surface area contributed by atoms with E-state index in [-0.39, 0.29) is 23.1 Å². The van der Waals surface area contributed by atoms with Crippen LogP contribution in [-0.4, -0.2) is 50.9 Å². The Morgan fingerprint density at radius 1 is 0.946 bits per heavy atom. The molecule has 1 amide bonds. The van der Waals surface area contributed by atoms with Gasteiger partial charge in [0.05, 0.1) is 28.5 Å². The van der Waals surface area contributed by atoms with Crippen LogP contribution < -0.4 is 10.0 Å². The summed E-state index contributed by atoms with van der Waals surface area (Å²) in [4.78, 5) is 16.8. The van der Waals surface area contributed by atoms with Gasteiger partial charge in [-0.2, -0.15) is 0 Å². The molecule has 2 aromatic carbocycles. The smallest absolute Gasteiger partial charge is 0.261 e. The molecule has 1 aliphatic heterocycles. The Morgan fingerprint density at radius 2 is 1.70 bits per heavy atom. The maximum atomic E-state index is 12.9. The summed E-state index contributed by atoms with van der Waals surface area (Å²) in [6.45, 7) is 0.551. The number of nitrogens with one attached hydrogen (secondary N) is 2. The lowest BCUT2D eigenvalue weighted by molar-refractivity contribution is -0.120. The minimum absolute atomic E-state index is 0.0409. The van der Waals surface area contributed by atoms with E-state index >= 15 is 0 Å². The summed E-state index contributed by atoms with van der Waals surface area (Å²) in [5.41, 5.74) is 1.88. The van der Waals surface area contributed by atoms with Gasteiger partial charge in [0.25, 0.3) is 10.0 Å². The van der Waals surface area contributed by atoms with Crippen molar-refractivity contribution in [2.24, 2.45) is 5.92 Å². The summed E-state index contributed by atoms with van der Waals surface area (Å²) in [6, 6.07) is 18.8. The van der Waals surface area contributed by atoms with Crippen LogP contribution in [0.2, 0.25) is 0 Å². The van der Waals surface area contributed by atoms with Gasteiger partial charge in [-0.1, -0.05) is 30.3 Å². The molecule has 1 fully saturated rings. The van der Waals surface area contributed by atoms with Crippen molar-refractivity contribution in [2.75, 3.05) is 28.9 Å². The number of benzene rings is 2. The molecule has 4 rings (SSSR count). The molecule has 0 spiro atoms. The third-order valence-corrected chi connectivity index (χ3v) is 9.52. The number of sulfonamides is 2. The van der Waals surface area contributed by atoms with Crippen LogP contribution in [-0.2, 0) is 31.3 Å². The van der Waals surface area contributed by atoms with Gasteiger partial charge in [-0.15, -0.1) is 0 Å². The normalized spacial score (nSPS) is 16.7. The van der Waals surface area contributed by atoms with Crippen molar-refractivity contribution in [3.8, 4) is 0 Å². The Labute approximate surface area is 218 Å². The number of amides is 1. The summed E-state index contributed by atoms with van der Waals surface area (Å²) in [5, 5.41) is 2.79. The second kappa shape index (κ2) is 11.8. The number of aromatic nitrogens is 1. The monoisotopic (exact) mass is 542 g/mol. The number of anilines is 2. The summed E-state index contributed by atoms with van der Waals surface area (Å²) in [6.07, 6.45) is 5.34. The van der Waals surface area contributed by atoms with Crippen molar-refractivity contribution in [3.63, 3.8) is 0 Å². The molecule has 0 radical (unpaired) electrons. The highest BCUT2D eigenvalue weighted by Crippen LogP contribution is 2.23. The van der Waals surface area contributed by atoms with Crippen LogP contribution in [0.25, 0.3) is 0 Å². The number of hydrogen-bond donors (Lipinski definition) is 2. The summed E-state index contributed by atoms with van der Waals surface area (Å²) in [5.74, 6) is -0.722. The van der Waals surface area contributed by atoms with Crippen molar-refractivity contribution >= 4 is 37.3 Å². The van der Waals surface area contributed by atoms with E-state index < -0.39 is 26.0 Å². The number of aryl methyl sites for hydroxylation is 1. The zero-order valence-corrected chi connectivity index (χ0v) is 21.9. The number of rotatable bonds is 10. The average molecular weight is 543 g/mol. The molecule has 0 bridgehead atoms.